The van der Waals surface area contributed by atoms with Gasteiger partial charge in [-0.3, -0.25) is 9.80 Å². The van der Waals surface area contributed by atoms with Gasteiger partial charge < -0.3 is 0 Å². The highest BCUT2D eigenvalue weighted by Gasteiger charge is 2.43. The molecular weight excluding hydrogens is 303 g/mol. The fraction of sp³-hybridized carbons (Fsp3) is 0.294. The van der Waals surface area contributed by atoms with Gasteiger partial charge in [-0.2, -0.15) is 0 Å². The van der Waals surface area contributed by atoms with Gasteiger partial charge in [0.25, 0.3) is 0 Å². The van der Waals surface area contributed by atoms with Crippen molar-refractivity contribution in [1.29, 1.82) is 0 Å². The van der Waals surface area contributed by atoms with E-state index in [2.05, 4.69) is 84.6 Å². The van der Waals surface area contributed by atoms with Crippen LogP contribution in [0.2, 0.25) is 0 Å². The lowest BCUT2D eigenvalue weighted by Gasteiger charge is -2.26. The molecule has 1 saturated heterocycles. The van der Waals surface area contributed by atoms with Gasteiger partial charge in [0, 0.05) is 0 Å². The Morgan fingerprint density at radius 1 is 0.714 bits per heavy atom. The van der Waals surface area contributed by atoms with E-state index >= 15 is 0 Å². The number of alkyl halides is 1. The average molecular weight is 323 g/mol. The molecule has 0 aliphatic carbocycles. The maximum atomic E-state index is 6.55. The van der Waals surface area contributed by atoms with Gasteiger partial charge in [-0.05, 0) is 25.2 Å². The van der Waals surface area contributed by atoms with E-state index in [-0.39, 0.29) is 30.1 Å². The Hall–Kier alpha value is -1.06. The highest BCUT2D eigenvalue weighted by Crippen LogP contribution is 2.45. The Balaban J connectivity index is 0.00000161. The molecule has 21 heavy (non-hydrogen) atoms. The zero-order chi connectivity index (χ0) is 14.1. The second kappa shape index (κ2) is 6.80. The number of nitrogens with zero attached hydrogens (tertiary/aromatic N) is 2. The number of hydrogen-bond donors (Lipinski definition) is 0. The van der Waals surface area contributed by atoms with E-state index in [9.17, 15) is 0 Å². The van der Waals surface area contributed by atoms with Crippen molar-refractivity contribution in [3.8, 4) is 0 Å². The number of benzene rings is 2. The lowest BCUT2D eigenvalue weighted by molar-refractivity contribution is 0.242. The smallest absolute Gasteiger partial charge is 0.140 e. The molecule has 1 fully saturated rings. The molecular formula is C17H20Cl2N2. The van der Waals surface area contributed by atoms with Crippen LogP contribution in [-0.4, -0.2) is 29.5 Å². The van der Waals surface area contributed by atoms with Crippen molar-refractivity contribution in [3.05, 3.63) is 71.8 Å². The van der Waals surface area contributed by atoms with Crippen LogP contribution < -0.4 is 0 Å². The van der Waals surface area contributed by atoms with E-state index in [0.29, 0.717) is 0 Å². The molecule has 2 atom stereocenters. The molecule has 2 nitrogen and oxygen atoms in total. The van der Waals surface area contributed by atoms with Crippen LogP contribution in [0.1, 0.15) is 23.2 Å². The van der Waals surface area contributed by atoms with E-state index in [1.54, 1.807) is 0 Å². The summed E-state index contributed by atoms with van der Waals surface area (Å²) < 4.78 is 0. The van der Waals surface area contributed by atoms with Crippen molar-refractivity contribution in [2.24, 2.45) is 0 Å². The van der Waals surface area contributed by atoms with Gasteiger partial charge in [0.1, 0.15) is 5.62 Å². The Bertz CT molecular complexity index is 510. The third-order valence-corrected chi connectivity index (χ3v) is 4.75. The highest BCUT2D eigenvalue weighted by atomic mass is 35.5. The van der Waals surface area contributed by atoms with Crippen LogP contribution in [0, 0.1) is 0 Å². The summed E-state index contributed by atoms with van der Waals surface area (Å²) in [7, 11) is 4.18. The van der Waals surface area contributed by atoms with Crippen molar-refractivity contribution in [2.75, 3.05) is 14.1 Å². The van der Waals surface area contributed by atoms with Gasteiger partial charge in [0.15, 0.2) is 0 Å². The van der Waals surface area contributed by atoms with Crippen LogP contribution in [0.5, 0.6) is 0 Å². The first-order valence-corrected chi connectivity index (χ1v) is 7.31. The maximum absolute atomic E-state index is 6.55. The first kappa shape index (κ1) is 16.3. The number of rotatable bonds is 2. The molecule has 0 aromatic heterocycles. The lowest BCUT2D eigenvalue weighted by atomic mass is 9.93. The molecule has 2 aromatic rings. The fourth-order valence-corrected chi connectivity index (χ4v) is 3.38. The van der Waals surface area contributed by atoms with Crippen molar-refractivity contribution in [2.45, 2.75) is 17.7 Å². The Labute approximate surface area is 137 Å². The van der Waals surface area contributed by atoms with Crippen molar-refractivity contribution < 1.29 is 0 Å². The molecule has 0 saturated carbocycles. The van der Waals surface area contributed by atoms with Crippen LogP contribution in [0.15, 0.2) is 60.7 Å². The van der Waals surface area contributed by atoms with E-state index in [0.717, 1.165) is 0 Å². The second-order valence-electron chi connectivity index (χ2n) is 5.35. The third kappa shape index (κ3) is 2.95. The van der Waals surface area contributed by atoms with E-state index < -0.39 is 0 Å². The number of likely N-dealkylation sites (N-methyl/N-ethyl adjacent to an activating group) is 2. The summed E-state index contributed by atoms with van der Waals surface area (Å²) in [6.45, 7) is 0. The zero-order valence-corrected chi connectivity index (χ0v) is 13.8. The summed E-state index contributed by atoms with van der Waals surface area (Å²) in [6.07, 6.45) is 0. The molecule has 1 aliphatic heterocycles. The Morgan fingerprint density at radius 3 is 1.38 bits per heavy atom. The van der Waals surface area contributed by atoms with Crippen molar-refractivity contribution >= 4 is 24.0 Å². The molecule has 2 aromatic carbocycles. The third-order valence-electron chi connectivity index (χ3n) is 4.13. The van der Waals surface area contributed by atoms with Gasteiger partial charge >= 0.3 is 0 Å². The topological polar surface area (TPSA) is 6.48 Å². The first-order valence-electron chi connectivity index (χ1n) is 6.88. The number of hydrogen-bond acceptors (Lipinski definition) is 2. The minimum absolute atomic E-state index is 0. The minimum atomic E-state index is -0.0922. The monoisotopic (exact) mass is 322 g/mol. The molecule has 1 heterocycles. The summed E-state index contributed by atoms with van der Waals surface area (Å²) in [4.78, 5) is 4.46. The van der Waals surface area contributed by atoms with E-state index in [1.807, 2.05) is 0 Å². The van der Waals surface area contributed by atoms with Crippen LogP contribution in [0.25, 0.3) is 0 Å². The molecule has 1 aliphatic rings. The molecule has 0 radical (unpaired) electrons. The van der Waals surface area contributed by atoms with Crippen molar-refractivity contribution in [1.82, 2.24) is 9.80 Å². The van der Waals surface area contributed by atoms with E-state index in [1.165, 1.54) is 11.1 Å². The molecule has 0 N–H and O–H groups in total. The second-order valence-corrected chi connectivity index (χ2v) is 5.74. The number of halogens is 2. The Kier molecular flexibility index (Phi) is 5.28. The normalized spacial score (nSPS) is 24.0. The van der Waals surface area contributed by atoms with Crippen LogP contribution >= 0.6 is 24.0 Å². The highest BCUT2D eigenvalue weighted by molar-refractivity contribution is 6.20. The summed E-state index contributed by atoms with van der Waals surface area (Å²) >= 11 is 6.55. The van der Waals surface area contributed by atoms with Crippen LogP contribution in [0.4, 0.5) is 0 Å². The van der Waals surface area contributed by atoms with Gasteiger partial charge in [-0.1, -0.05) is 72.3 Å². The zero-order valence-electron chi connectivity index (χ0n) is 12.2. The summed E-state index contributed by atoms with van der Waals surface area (Å²) in [6, 6.07) is 21.7. The average Bonchev–Trinajstić information content (AvgIpc) is 2.73. The predicted octanol–water partition coefficient (Wildman–Crippen LogP) is 4.29. The molecule has 0 amide bonds. The molecule has 0 spiro atoms. The van der Waals surface area contributed by atoms with E-state index in [4.69, 9.17) is 11.6 Å². The maximum Gasteiger partial charge on any atom is 0.140 e. The molecule has 0 bridgehead atoms. The molecule has 112 valence electrons. The largest absolute Gasteiger partial charge is 0.269 e. The predicted molar refractivity (Wildman–Crippen MR) is 90.8 cm³/mol. The van der Waals surface area contributed by atoms with Crippen molar-refractivity contribution in [3.63, 3.8) is 0 Å². The van der Waals surface area contributed by atoms with Crippen LogP contribution in [0.3, 0.4) is 0 Å². The fourth-order valence-electron chi connectivity index (χ4n) is 3.13. The van der Waals surface area contributed by atoms with Crippen LogP contribution in [-0.2, 0) is 0 Å². The summed E-state index contributed by atoms with van der Waals surface area (Å²) in [5, 5.41) is 0. The molecule has 0 unspecified atom stereocenters. The molecule has 3 rings (SSSR count). The summed E-state index contributed by atoms with van der Waals surface area (Å²) in [5.41, 5.74) is 2.52. The standard InChI is InChI=1S/C17H19ClN2.ClH/c1-19-15(13-9-5-3-6-10-13)16(20(2)17(19)18)14-11-7-4-8-12-14;/h3-12,15-17H,1-2H3;1H/t15-,16-;/m1./s1. The van der Waals surface area contributed by atoms with Gasteiger partial charge in [0.05, 0.1) is 12.1 Å². The lowest BCUT2D eigenvalue weighted by Crippen LogP contribution is -2.29. The SMILES string of the molecule is CN1C(Cl)N(C)[C@H](c2ccccc2)[C@H]1c1ccccc1.Cl. The molecule has 4 heteroatoms. The van der Waals surface area contributed by atoms with Gasteiger partial charge in [-0.15, -0.1) is 12.4 Å². The Morgan fingerprint density at radius 2 is 1.05 bits per heavy atom. The minimum Gasteiger partial charge on any atom is -0.269 e. The van der Waals surface area contributed by atoms with Gasteiger partial charge in [-0.25, -0.2) is 0 Å². The quantitative estimate of drug-likeness (QED) is 0.601. The summed E-state index contributed by atoms with van der Waals surface area (Å²) in [5.74, 6) is 0. The van der Waals surface area contributed by atoms with Gasteiger partial charge in [0.2, 0.25) is 0 Å². The first-order chi connectivity index (χ1) is 9.70.